The van der Waals surface area contributed by atoms with Crippen LogP contribution in [0.25, 0.3) is 11.4 Å². The average molecular weight is 313 g/mol. The Morgan fingerprint density at radius 2 is 1.74 bits per heavy atom. The maximum Gasteiger partial charge on any atom is 0.159 e. The summed E-state index contributed by atoms with van der Waals surface area (Å²) in [6.45, 7) is 8.92. The highest BCUT2D eigenvalue weighted by molar-refractivity contribution is 5.54. The molecule has 4 heteroatoms. The van der Waals surface area contributed by atoms with Gasteiger partial charge in [0.1, 0.15) is 0 Å². The fourth-order valence-corrected chi connectivity index (χ4v) is 2.80. The van der Waals surface area contributed by atoms with Gasteiger partial charge in [-0.2, -0.15) is 0 Å². The lowest BCUT2D eigenvalue weighted by Crippen LogP contribution is -2.30. The van der Waals surface area contributed by atoms with Crippen LogP contribution in [-0.4, -0.2) is 39.6 Å². The van der Waals surface area contributed by atoms with Crippen molar-refractivity contribution >= 4 is 0 Å². The second-order valence-corrected chi connectivity index (χ2v) is 5.92. The Bertz CT molecular complexity index is 595. The van der Waals surface area contributed by atoms with Crippen molar-refractivity contribution in [2.45, 2.75) is 39.7 Å². The number of aliphatic hydroxyl groups excluding tert-OH is 1. The van der Waals surface area contributed by atoms with Gasteiger partial charge in [0.2, 0.25) is 0 Å². The van der Waals surface area contributed by atoms with Crippen LogP contribution in [0.3, 0.4) is 0 Å². The van der Waals surface area contributed by atoms with E-state index < -0.39 is 6.10 Å². The molecule has 1 aromatic carbocycles. The zero-order valence-electron chi connectivity index (χ0n) is 14.4. The van der Waals surface area contributed by atoms with Crippen LogP contribution in [-0.2, 0) is 0 Å². The van der Waals surface area contributed by atoms with Crippen LogP contribution >= 0.6 is 0 Å². The molecule has 1 N–H and O–H groups in total. The molecule has 0 bridgehead atoms. The lowest BCUT2D eigenvalue weighted by molar-refractivity contribution is 0.112. The smallest absolute Gasteiger partial charge is 0.159 e. The summed E-state index contributed by atoms with van der Waals surface area (Å²) in [5.74, 6) is 0.707. The zero-order valence-corrected chi connectivity index (χ0v) is 14.4. The number of hydrogen-bond acceptors (Lipinski definition) is 4. The Morgan fingerprint density at radius 3 is 2.30 bits per heavy atom. The lowest BCUT2D eigenvalue weighted by Gasteiger charge is -2.24. The highest BCUT2D eigenvalue weighted by Gasteiger charge is 2.16. The first-order chi connectivity index (χ1) is 11.2. The fourth-order valence-electron chi connectivity index (χ4n) is 2.80. The van der Waals surface area contributed by atoms with E-state index in [1.165, 1.54) is 0 Å². The summed E-state index contributed by atoms with van der Waals surface area (Å²) >= 11 is 0. The van der Waals surface area contributed by atoms with Gasteiger partial charge >= 0.3 is 0 Å². The van der Waals surface area contributed by atoms with Crippen LogP contribution in [0.4, 0.5) is 0 Å². The summed E-state index contributed by atoms with van der Waals surface area (Å²) in [6.07, 6.45) is 3.41. The monoisotopic (exact) mass is 313 g/mol. The highest BCUT2D eigenvalue weighted by Crippen LogP contribution is 2.20. The van der Waals surface area contributed by atoms with Gasteiger partial charge in [-0.15, -0.1) is 0 Å². The zero-order chi connectivity index (χ0) is 16.7. The molecule has 0 saturated carbocycles. The van der Waals surface area contributed by atoms with Crippen LogP contribution in [0.2, 0.25) is 0 Å². The van der Waals surface area contributed by atoms with E-state index >= 15 is 0 Å². The summed E-state index contributed by atoms with van der Waals surface area (Å²) < 4.78 is 0. The molecular formula is C19H27N3O. The maximum absolute atomic E-state index is 10.6. The van der Waals surface area contributed by atoms with Crippen LogP contribution in [0, 0.1) is 6.92 Å². The molecule has 1 atom stereocenters. The quantitative estimate of drug-likeness (QED) is 0.809. The van der Waals surface area contributed by atoms with Gasteiger partial charge in [0.25, 0.3) is 0 Å². The molecular weight excluding hydrogens is 286 g/mol. The first-order valence-electron chi connectivity index (χ1n) is 8.45. The van der Waals surface area contributed by atoms with Crippen LogP contribution < -0.4 is 0 Å². The lowest BCUT2D eigenvalue weighted by atomic mass is 10.1. The van der Waals surface area contributed by atoms with Gasteiger partial charge in [-0.25, -0.2) is 9.97 Å². The van der Waals surface area contributed by atoms with Crippen LogP contribution in [0.1, 0.15) is 44.1 Å². The van der Waals surface area contributed by atoms with E-state index in [1.54, 1.807) is 6.20 Å². The average Bonchev–Trinajstić information content (AvgIpc) is 2.56. The number of nitrogens with zero attached hydrogens (tertiary/aromatic N) is 3. The van der Waals surface area contributed by atoms with Crippen molar-refractivity contribution in [1.82, 2.24) is 14.9 Å². The normalized spacial score (nSPS) is 12.6. The third kappa shape index (κ3) is 4.85. The number of aryl methyl sites for hydroxylation is 1. The molecule has 0 aliphatic heterocycles. The number of benzene rings is 1. The molecule has 0 fully saturated rings. The van der Waals surface area contributed by atoms with Crippen molar-refractivity contribution in [1.29, 1.82) is 0 Å². The number of aliphatic hydroxyl groups is 1. The van der Waals surface area contributed by atoms with E-state index in [0.29, 0.717) is 12.4 Å². The molecule has 0 amide bonds. The van der Waals surface area contributed by atoms with Crippen molar-refractivity contribution in [3.8, 4) is 11.4 Å². The van der Waals surface area contributed by atoms with Gasteiger partial charge in [-0.3, -0.25) is 0 Å². The Balaban J connectivity index is 2.13. The highest BCUT2D eigenvalue weighted by atomic mass is 16.3. The minimum absolute atomic E-state index is 0.544. The number of aromatic nitrogens is 2. The maximum atomic E-state index is 10.6. The van der Waals surface area contributed by atoms with Crippen LogP contribution in [0.15, 0.2) is 36.5 Å². The Kier molecular flexibility index (Phi) is 6.68. The molecule has 1 aromatic heterocycles. The third-order valence-corrected chi connectivity index (χ3v) is 3.92. The topological polar surface area (TPSA) is 49.2 Å². The Labute approximate surface area is 139 Å². The van der Waals surface area contributed by atoms with E-state index in [2.05, 4.69) is 28.7 Å². The van der Waals surface area contributed by atoms with E-state index in [-0.39, 0.29) is 0 Å². The molecule has 1 unspecified atom stereocenters. The van der Waals surface area contributed by atoms with Crippen LogP contribution in [0.5, 0.6) is 0 Å². The van der Waals surface area contributed by atoms with Gasteiger partial charge < -0.3 is 10.0 Å². The summed E-state index contributed by atoms with van der Waals surface area (Å²) in [5.41, 5.74) is 2.66. The second kappa shape index (κ2) is 8.75. The van der Waals surface area contributed by atoms with E-state index in [0.717, 1.165) is 42.8 Å². The first-order valence-corrected chi connectivity index (χ1v) is 8.45. The fraction of sp³-hybridized carbons (Fsp3) is 0.474. The molecule has 2 rings (SSSR count). The molecule has 1 heterocycles. The standard InChI is InChI=1S/C19H27N3O/c1-4-11-22(12-5-2)14-18(23)17-13-20-19(21-15(17)3)16-9-7-6-8-10-16/h6-10,13,18,23H,4-5,11-12,14H2,1-3H3. The van der Waals surface area contributed by atoms with Crippen molar-refractivity contribution in [2.75, 3.05) is 19.6 Å². The Morgan fingerprint density at radius 1 is 1.09 bits per heavy atom. The van der Waals surface area contributed by atoms with E-state index in [9.17, 15) is 5.11 Å². The number of hydrogen-bond donors (Lipinski definition) is 1. The Hall–Kier alpha value is -1.78. The molecule has 0 radical (unpaired) electrons. The SMILES string of the molecule is CCCN(CCC)CC(O)c1cnc(-c2ccccc2)nc1C. The molecule has 0 aliphatic rings. The molecule has 0 spiro atoms. The van der Waals surface area contributed by atoms with Crippen molar-refractivity contribution in [3.63, 3.8) is 0 Å². The minimum atomic E-state index is -0.544. The van der Waals surface area contributed by atoms with Gasteiger partial charge in [-0.1, -0.05) is 44.2 Å². The first kappa shape index (κ1) is 17.6. The van der Waals surface area contributed by atoms with Gasteiger partial charge in [0.15, 0.2) is 5.82 Å². The van der Waals surface area contributed by atoms with Crippen molar-refractivity contribution in [2.24, 2.45) is 0 Å². The van der Waals surface area contributed by atoms with Crippen molar-refractivity contribution in [3.05, 3.63) is 47.8 Å². The van der Waals surface area contributed by atoms with Gasteiger partial charge in [0.05, 0.1) is 6.10 Å². The predicted molar refractivity (Wildman–Crippen MR) is 94.2 cm³/mol. The molecule has 2 aromatic rings. The summed E-state index contributed by atoms with van der Waals surface area (Å²) in [4.78, 5) is 11.3. The van der Waals surface area contributed by atoms with E-state index in [4.69, 9.17) is 0 Å². The molecule has 4 nitrogen and oxygen atoms in total. The number of rotatable bonds is 8. The molecule has 0 aliphatic carbocycles. The minimum Gasteiger partial charge on any atom is -0.387 e. The summed E-state index contributed by atoms with van der Waals surface area (Å²) in [7, 11) is 0. The molecule has 0 saturated heterocycles. The predicted octanol–water partition coefficient (Wildman–Crippen LogP) is 3.61. The van der Waals surface area contributed by atoms with Gasteiger partial charge in [-0.05, 0) is 32.9 Å². The second-order valence-electron chi connectivity index (χ2n) is 5.92. The molecule has 124 valence electrons. The van der Waals surface area contributed by atoms with Crippen molar-refractivity contribution < 1.29 is 5.11 Å². The molecule has 23 heavy (non-hydrogen) atoms. The van der Waals surface area contributed by atoms with E-state index in [1.807, 2.05) is 37.3 Å². The third-order valence-electron chi connectivity index (χ3n) is 3.92. The largest absolute Gasteiger partial charge is 0.387 e. The summed E-state index contributed by atoms with van der Waals surface area (Å²) in [5, 5.41) is 10.6. The summed E-state index contributed by atoms with van der Waals surface area (Å²) in [6, 6.07) is 9.92. The van der Waals surface area contributed by atoms with Gasteiger partial charge in [0, 0.05) is 29.6 Å².